The van der Waals surface area contributed by atoms with Gasteiger partial charge in [0, 0.05) is 32.2 Å². The smallest absolute Gasteiger partial charge is 0.234 e. The number of hydrogen-bond donors (Lipinski definition) is 1. The van der Waals surface area contributed by atoms with Crippen LogP contribution in [0.1, 0.15) is 31.0 Å². The first kappa shape index (κ1) is 21.5. The highest BCUT2D eigenvalue weighted by atomic mass is 16.5. The fourth-order valence-corrected chi connectivity index (χ4v) is 3.76. The molecule has 0 aliphatic carbocycles. The van der Waals surface area contributed by atoms with Crippen LogP contribution >= 0.6 is 0 Å². The van der Waals surface area contributed by atoms with Gasteiger partial charge in [0.2, 0.25) is 5.91 Å². The second kappa shape index (κ2) is 11.1. The van der Waals surface area contributed by atoms with Crippen LogP contribution in [0.5, 0.6) is 0 Å². The van der Waals surface area contributed by atoms with E-state index in [-0.39, 0.29) is 18.0 Å². The molecule has 2 atom stereocenters. The standard InChI is InChI=1S/C24H33N3O2/c1-20(17-26-13-15-29-16-14-26)27(18-22-9-5-3-6-10-22)19-24(28)25-21(2)23-11-7-4-8-12-23/h3-12,20-21H,13-19H2,1-2H3,(H,25,28). The van der Waals surface area contributed by atoms with Gasteiger partial charge < -0.3 is 10.1 Å². The number of amides is 1. The number of hydrogen-bond acceptors (Lipinski definition) is 4. The third kappa shape index (κ3) is 6.96. The lowest BCUT2D eigenvalue weighted by molar-refractivity contribution is -0.123. The molecule has 2 unspecified atom stereocenters. The zero-order chi connectivity index (χ0) is 20.5. The van der Waals surface area contributed by atoms with E-state index >= 15 is 0 Å². The van der Waals surface area contributed by atoms with Crippen LogP contribution in [0.25, 0.3) is 0 Å². The van der Waals surface area contributed by atoms with Gasteiger partial charge in [-0.3, -0.25) is 14.6 Å². The van der Waals surface area contributed by atoms with E-state index in [0.29, 0.717) is 6.54 Å². The molecular formula is C24H33N3O2. The molecule has 1 saturated heterocycles. The van der Waals surface area contributed by atoms with Crippen LogP contribution in [0.2, 0.25) is 0 Å². The van der Waals surface area contributed by atoms with E-state index < -0.39 is 0 Å². The van der Waals surface area contributed by atoms with Crippen molar-refractivity contribution in [1.82, 2.24) is 15.1 Å². The first-order valence-electron chi connectivity index (χ1n) is 10.5. The predicted octanol–water partition coefficient (Wildman–Crippen LogP) is 3.09. The highest BCUT2D eigenvalue weighted by Crippen LogP contribution is 2.13. The quantitative estimate of drug-likeness (QED) is 0.709. The molecule has 1 amide bonds. The zero-order valence-electron chi connectivity index (χ0n) is 17.6. The Morgan fingerprint density at radius 3 is 2.31 bits per heavy atom. The Labute approximate surface area is 174 Å². The van der Waals surface area contributed by atoms with Crippen LogP contribution in [0.3, 0.4) is 0 Å². The van der Waals surface area contributed by atoms with E-state index in [0.717, 1.165) is 45.0 Å². The molecule has 1 N–H and O–H groups in total. The minimum Gasteiger partial charge on any atom is -0.379 e. The Bertz CT molecular complexity index is 732. The maximum absolute atomic E-state index is 12.8. The van der Waals surface area contributed by atoms with Crippen LogP contribution in [0.4, 0.5) is 0 Å². The lowest BCUT2D eigenvalue weighted by atomic mass is 10.1. The van der Waals surface area contributed by atoms with Gasteiger partial charge in [-0.05, 0) is 25.0 Å². The molecule has 0 saturated carbocycles. The van der Waals surface area contributed by atoms with Crippen molar-refractivity contribution in [2.45, 2.75) is 32.5 Å². The summed E-state index contributed by atoms with van der Waals surface area (Å²) in [5.74, 6) is 0.0612. The van der Waals surface area contributed by atoms with Crippen molar-refractivity contribution >= 4 is 5.91 Å². The predicted molar refractivity (Wildman–Crippen MR) is 117 cm³/mol. The number of nitrogens with zero attached hydrogens (tertiary/aromatic N) is 2. The number of carbonyl (C=O) groups is 1. The van der Waals surface area contributed by atoms with Gasteiger partial charge in [-0.15, -0.1) is 0 Å². The summed E-state index contributed by atoms with van der Waals surface area (Å²) < 4.78 is 5.47. The summed E-state index contributed by atoms with van der Waals surface area (Å²) in [7, 11) is 0. The Hall–Kier alpha value is -2.21. The molecule has 5 nitrogen and oxygen atoms in total. The van der Waals surface area contributed by atoms with Gasteiger partial charge in [0.25, 0.3) is 0 Å². The molecule has 1 aliphatic rings. The van der Waals surface area contributed by atoms with E-state index in [1.807, 2.05) is 43.3 Å². The van der Waals surface area contributed by atoms with E-state index in [1.165, 1.54) is 5.56 Å². The monoisotopic (exact) mass is 395 g/mol. The molecule has 0 radical (unpaired) electrons. The Morgan fingerprint density at radius 1 is 1.03 bits per heavy atom. The summed E-state index contributed by atoms with van der Waals surface area (Å²) in [5, 5.41) is 3.16. The zero-order valence-corrected chi connectivity index (χ0v) is 17.6. The van der Waals surface area contributed by atoms with Crippen LogP contribution < -0.4 is 5.32 Å². The number of nitrogens with one attached hydrogen (secondary N) is 1. The number of rotatable bonds is 9. The van der Waals surface area contributed by atoms with Gasteiger partial charge in [-0.25, -0.2) is 0 Å². The summed E-state index contributed by atoms with van der Waals surface area (Å²) >= 11 is 0. The van der Waals surface area contributed by atoms with Crippen molar-refractivity contribution in [3.63, 3.8) is 0 Å². The lowest BCUT2D eigenvalue weighted by Gasteiger charge is -2.35. The minimum atomic E-state index is -0.00294. The number of carbonyl (C=O) groups excluding carboxylic acids is 1. The molecule has 2 aromatic carbocycles. The second-order valence-corrected chi connectivity index (χ2v) is 7.85. The highest BCUT2D eigenvalue weighted by Gasteiger charge is 2.22. The van der Waals surface area contributed by atoms with Gasteiger partial charge in [0.05, 0.1) is 25.8 Å². The van der Waals surface area contributed by atoms with E-state index in [4.69, 9.17) is 4.74 Å². The molecule has 2 aromatic rings. The molecular weight excluding hydrogens is 362 g/mol. The van der Waals surface area contributed by atoms with Gasteiger partial charge in [0.15, 0.2) is 0 Å². The number of morpholine rings is 1. The number of ether oxygens (including phenoxy) is 1. The Kier molecular flexibility index (Phi) is 8.23. The molecule has 156 valence electrons. The first-order chi connectivity index (χ1) is 14.1. The third-order valence-electron chi connectivity index (χ3n) is 5.50. The van der Waals surface area contributed by atoms with E-state index in [2.05, 4.69) is 46.3 Å². The average Bonchev–Trinajstić information content (AvgIpc) is 2.75. The minimum absolute atomic E-state index is 0.00294. The van der Waals surface area contributed by atoms with Crippen LogP contribution in [0.15, 0.2) is 60.7 Å². The maximum atomic E-state index is 12.8. The van der Waals surface area contributed by atoms with Crippen molar-refractivity contribution in [2.75, 3.05) is 39.4 Å². The molecule has 5 heteroatoms. The SMILES string of the molecule is CC(NC(=O)CN(Cc1ccccc1)C(C)CN1CCOCC1)c1ccccc1. The molecule has 1 fully saturated rings. The third-order valence-corrected chi connectivity index (χ3v) is 5.50. The molecule has 0 spiro atoms. The van der Waals surface area contributed by atoms with Crippen LogP contribution in [0, 0.1) is 0 Å². The molecule has 0 aromatic heterocycles. The Morgan fingerprint density at radius 2 is 1.66 bits per heavy atom. The van der Waals surface area contributed by atoms with Crippen molar-refractivity contribution < 1.29 is 9.53 Å². The van der Waals surface area contributed by atoms with Crippen molar-refractivity contribution in [1.29, 1.82) is 0 Å². The molecule has 0 bridgehead atoms. The lowest BCUT2D eigenvalue weighted by Crippen LogP contribution is -2.48. The normalized spacial score (nSPS) is 17.1. The van der Waals surface area contributed by atoms with Crippen molar-refractivity contribution in [3.8, 4) is 0 Å². The maximum Gasteiger partial charge on any atom is 0.234 e. The summed E-state index contributed by atoms with van der Waals surface area (Å²) in [6.45, 7) is 9.84. The van der Waals surface area contributed by atoms with Gasteiger partial charge >= 0.3 is 0 Å². The van der Waals surface area contributed by atoms with Gasteiger partial charge in [0.1, 0.15) is 0 Å². The van der Waals surface area contributed by atoms with Gasteiger partial charge in [-0.1, -0.05) is 60.7 Å². The van der Waals surface area contributed by atoms with Crippen LogP contribution in [-0.4, -0.2) is 61.1 Å². The molecule has 1 aliphatic heterocycles. The fraction of sp³-hybridized carbons (Fsp3) is 0.458. The fourth-order valence-electron chi connectivity index (χ4n) is 3.76. The van der Waals surface area contributed by atoms with Crippen molar-refractivity contribution in [3.05, 3.63) is 71.8 Å². The second-order valence-electron chi connectivity index (χ2n) is 7.85. The summed E-state index contributed by atoms with van der Waals surface area (Å²) in [6.07, 6.45) is 0. The number of benzene rings is 2. The first-order valence-corrected chi connectivity index (χ1v) is 10.5. The van der Waals surface area contributed by atoms with E-state index in [1.54, 1.807) is 0 Å². The van der Waals surface area contributed by atoms with Gasteiger partial charge in [-0.2, -0.15) is 0 Å². The van der Waals surface area contributed by atoms with E-state index in [9.17, 15) is 4.79 Å². The summed E-state index contributed by atoms with van der Waals surface area (Å²) in [5.41, 5.74) is 2.35. The molecule has 29 heavy (non-hydrogen) atoms. The molecule has 3 rings (SSSR count). The summed E-state index contributed by atoms with van der Waals surface area (Å²) in [6, 6.07) is 20.7. The van der Waals surface area contributed by atoms with Crippen molar-refractivity contribution in [2.24, 2.45) is 0 Å². The Balaban J connectivity index is 1.62. The largest absolute Gasteiger partial charge is 0.379 e. The highest BCUT2D eigenvalue weighted by molar-refractivity contribution is 5.78. The average molecular weight is 396 g/mol. The molecule has 1 heterocycles. The van der Waals surface area contributed by atoms with Crippen LogP contribution in [-0.2, 0) is 16.1 Å². The summed E-state index contributed by atoms with van der Waals surface area (Å²) in [4.78, 5) is 17.5. The topological polar surface area (TPSA) is 44.8 Å².